The first-order valence-corrected chi connectivity index (χ1v) is 9.57. The highest BCUT2D eigenvalue weighted by Gasteiger charge is 2.20. The molecule has 134 valence electrons. The van der Waals surface area contributed by atoms with Gasteiger partial charge in [-0.1, -0.05) is 48.5 Å². The SMILES string of the molecule is COC(=O)c1c(SC)cc(-c2ccc3ccc4ccccc4c3c2)oc1=O. The zero-order valence-electron chi connectivity index (χ0n) is 14.8. The van der Waals surface area contributed by atoms with E-state index in [2.05, 4.69) is 24.3 Å². The Morgan fingerprint density at radius 2 is 1.67 bits per heavy atom. The third-order valence-corrected chi connectivity index (χ3v) is 5.32. The minimum Gasteiger partial charge on any atom is -0.465 e. The number of rotatable bonds is 3. The highest BCUT2D eigenvalue weighted by Crippen LogP contribution is 2.31. The van der Waals surface area contributed by atoms with Gasteiger partial charge in [-0.25, -0.2) is 9.59 Å². The number of benzene rings is 3. The van der Waals surface area contributed by atoms with E-state index < -0.39 is 11.6 Å². The average molecular weight is 376 g/mol. The van der Waals surface area contributed by atoms with Crippen molar-refractivity contribution in [2.24, 2.45) is 0 Å². The number of fused-ring (bicyclic) bond motifs is 3. The van der Waals surface area contributed by atoms with E-state index in [1.807, 2.05) is 30.3 Å². The second-order valence-electron chi connectivity index (χ2n) is 6.06. The van der Waals surface area contributed by atoms with Gasteiger partial charge in [0.25, 0.3) is 0 Å². The number of carbonyl (C=O) groups excluding carboxylic acids is 1. The Bertz CT molecular complexity index is 1240. The number of hydrogen-bond donors (Lipinski definition) is 0. The maximum absolute atomic E-state index is 12.4. The van der Waals surface area contributed by atoms with Crippen molar-refractivity contribution in [3.05, 3.63) is 76.6 Å². The summed E-state index contributed by atoms with van der Waals surface area (Å²) in [5, 5.41) is 4.47. The molecule has 0 saturated carbocycles. The maximum atomic E-state index is 12.4. The molecule has 0 aliphatic heterocycles. The van der Waals surface area contributed by atoms with E-state index >= 15 is 0 Å². The minimum absolute atomic E-state index is 0.0695. The molecule has 4 aromatic rings. The van der Waals surface area contributed by atoms with Crippen molar-refractivity contribution >= 4 is 39.3 Å². The summed E-state index contributed by atoms with van der Waals surface area (Å²) in [6.07, 6.45) is 1.80. The molecule has 0 aliphatic rings. The number of esters is 1. The molecule has 0 bridgehead atoms. The molecule has 0 spiro atoms. The molecule has 4 rings (SSSR count). The summed E-state index contributed by atoms with van der Waals surface area (Å²) in [7, 11) is 1.24. The second-order valence-corrected chi connectivity index (χ2v) is 6.90. The quantitative estimate of drug-likeness (QED) is 0.282. The molecule has 4 nitrogen and oxygen atoms in total. The van der Waals surface area contributed by atoms with Gasteiger partial charge in [0, 0.05) is 10.5 Å². The van der Waals surface area contributed by atoms with Gasteiger partial charge < -0.3 is 9.15 Å². The summed E-state index contributed by atoms with van der Waals surface area (Å²) in [6, 6.07) is 20.0. The number of hydrogen-bond acceptors (Lipinski definition) is 5. The van der Waals surface area contributed by atoms with Crippen LogP contribution in [-0.4, -0.2) is 19.3 Å². The van der Waals surface area contributed by atoms with Crippen molar-refractivity contribution in [1.29, 1.82) is 0 Å². The Labute approximate surface area is 159 Å². The summed E-state index contributed by atoms with van der Waals surface area (Å²) in [5.41, 5.74) is 0.0179. The fourth-order valence-corrected chi connectivity index (χ4v) is 3.81. The first-order valence-electron chi connectivity index (χ1n) is 8.34. The zero-order valence-corrected chi connectivity index (χ0v) is 15.6. The van der Waals surface area contributed by atoms with E-state index in [1.165, 1.54) is 18.9 Å². The highest BCUT2D eigenvalue weighted by atomic mass is 32.2. The van der Waals surface area contributed by atoms with Gasteiger partial charge in [-0.15, -0.1) is 11.8 Å². The van der Waals surface area contributed by atoms with Crippen molar-refractivity contribution in [2.75, 3.05) is 13.4 Å². The first kappa shape index (κ1) is 17.4. The lowest BCUT2D eigenvalue weighted by atomic mass is 9.99. The number of thioether (sulfide) groups is 1. The van der Waals surface area contributed by atoms with Gasteiger partial charge >= 0.3 is 11.6 Å². The maximum Gasteiger partial charge on any atom is 0.352 e. The van der Waals surface area contributed by atoms with E-state index in [1.54, 1.807) is 12.3 Å². The average Bonchev–Trinajstić information content (AvgIpc) is 2.72. The molecule has 0 fully saturated rings. The summed E-state index contributed by atoms with van der Waals surface area (Å²) >= 11 is 1.31. The normalized spacial score (nSPS) is 11.0. The molecule has 1 aromatic heterocycles. The van der Waals surface area contributed by atoms with Crippen molar-refractivity contribution in [2.45, 2.75) is 4.90 Å². The molecular weight excluding hydrogens is 360 g/mol. The van der Waals surface area contributed by atoms with Crippen LogP contribution in [0, 0.1) is 0 Å². The van der Waals surface area contributed by atoms with Crippen LogP contribution in [0.5, 0.6) is 0 Å². The molecule has 0 N–H and O–H groups in total. The summed E-state index contributed by atoms with van der Waals surface area (Å²) < 4.78 is 10.1. The van der Waals surface area contributed by atoms with Gasteiger partial charge in [0.05, 0.1) is 7.11 Å². The molecule has 27 heavy (non-hydrogen) atoms. The topological polar surface area (TPSA) is 56.5 Å². The zero-order chi connectivity index (χ0) is 19.0. The van der Waals surface area contributed by atoms with Crippen LogP contribution in [0.4, 0.5) is 0 Å². The fourth-order valence-electron chi connectivity index (χ4n) is 3.22. The molecule has 0 aliphatic carbocycles. The number of ether oxygens (including phenoxy) is 1. The van der Waals surface area contributed by atoms with Crippen LogP contribution in [-0.2, 0) is 4.74 Å². The van der Waals surface area contributed by atoms with E-state index in [0.717, 1.165) is 27.1 Å². The predicted octanol–water partition coefficient (Wildman–Crippen LogP) is 5.12. The Balaban J connectivity index is 1.94. The van der Waals surface area contributed by atoms with Gasteiger partial charge in [-0.05, 0) is 39.9 Å². The molecule has 0 saturated heterocycles. The van der Waals surface area contributed by atoms with E-state index in [9.17, 15) is 9.59 Å². The molecule has 0 atom stereocenters. The molecule has 1 heterocycles. The van der Waals surface area contributed by atoms with Gasteiger partial charge in [0.2, 0.25) is 0 Å². The van der Waals surface area contributed by atoms with Crippen LogP contribution < -0.4 is 5.63 Å². The van der Waals surface area contributed by atoms with Crippen LogP contribution >= 0.6 is 11.8 Å². The first-order chi connectivity index (χ1) is 13.1. The van der Waals surface area contributed by atoms with Gasteiger partial charge in [0.1, 0.15) is 5.76 Å². The van der Waals surface area contributed by atoms with Crippen molar-refractivity contribution in [3.8, 4) is 11.3 Å². The van der Waals surface area contributed by atoms with Gasteiger partial charge in [0.15, 0.2) is 5.56 Å². The third kappa shape index (κ3) is 3.00. The van der Waals surface area contributed by atoms with Gasteiger partial charge in [-0.2, -0.15) is 0 Å². The highest BCUT2D eigenvalue weighted by molar-refractivity contribution is 7.98. The van der Waals surface area contributed by atoms with E-state index in [0.29, 0.717) is 10.7 Å². The van der Waals surface area contributed by atoms with E-state index in [4.69, 9.17) is 9.15 Å². The summed E-state index contributed by atoms with van der Waals surface area (Å²) in [5.74, 6) is -0.268. The summed E-state index contributed by atoms with van der Waals surface area (Å²) in [4.78, 5) is 24.8. The molecule has 0 unspecified atom stereocenters. The Morgan fingerprint density at radius 3 is 2.41 bits per heavy atom. The largest absolute Gasteiger partial charge is 0.465 e. The van der Waals surface area contributed by atoms with Crippen LogP contribution in [0.1, 0.15) is 10.4 Å². The lowest BCUT2D eigenvalue weighted by molar-refractivity contribution is 0.0591. The second kappa shape index (κ2) is 6.93. The Kier molecular flexibility index (Phi) is 4.46. The van der Waals surface area contributed by atoms with Crippen LogP contribution in [0.25, 0.3) is 32.9 Å². The predicted molar refractivity (Wildman–Crippen MR) is 109 cm³/mol. The molecule has 0 radical (unpaired) electrons. The van der Waals surface area contributed by atoms with Crippen molar-refractivity contribution in [1.82, 2.24) is 0 Å². The molecular formula is C22H16O4S. The fraction of sp³-hybridized carbons (Fsp3) is 0.0909. The Morgan fingerprint density at radius 1 is 0.963 bits per heavy atom. The van der Waals surface area contributed by atoms with Crippen LogP contribution in [0.3, 0.4) is 0 Å². The molecule has 3 aromatic carbocycles. The van der Waals surface area contributed by atoms with Crippen LogP contribution in [0.15, 0.2) is 74.8 Å². The molecule has 0 amide bonds. The molecule has 5 heteroatoms. The van der Waals surface area contributed by atoms with Crippen LogP contribution in [0.2, 0.25) is 0 Å². The lowest BCUT2D eigenvalue weighted by Crippen LogP contribution is -2.17. The van der Waals surface area contributed by atoms with Crippen molar-refractivity contribution in [3.63, 3.8) is 0 Å². The lowest BCUT2D eigenvalue weighted by Gasteiger charge is -2.09. The smallest absolute Gasteiger partial charge is 0.352 e. The van der Waals surface area contributed by atoms with Gasteiger partial charge in [-0.3, -0.25) is 0 Å². The van der Waals surface area contributed by atoms with Crippen molar-refractivity contribution < 1.29 is 13.9 Å². The Hall–Kier alpha value is -3.05. The monoisotopic (exact) mass is 376 g/mol. The number of carbonyl (C=O) groups is 1. The summed E-state index contributed by atoms with van der Waals surface area (Å²) in [6.45, 7) is 0. The minimum atomic E-state index is -0.693. The van der Waals surface area contributed by atoms with E-state index in [-0.39, 0.29) is 5.56 Å². The standard InChI is InChI=1S/C22H16O4S/c1-25-21(23)20-19(27-2)12-18(26-22(20)24)15-10-9-14-8-7-13-5-3-4-6-16(13)17(14)11-15/h3-12H,1-2H3. The third-order valence-electron chi connectivity index (χ3n) is 4.56. The number of methoxy groups -OCH3 is 1.